The minimum absolute atomic E-state index is 0. The zero-order valence-electron chi connectivity index (χ0n) is 20.1. The molecule has 184 valence electrons. The number of morpholine rings is 1. The highest BCUT2D eigenvalue weighted by Gasteiger charge is 2.21. The minimum Gasteiger partial charge on any atom is -0.467 e. The highest BCUT2D eigenvalue weighted by molar-refractivity contribution is 14.0. The lowest BCUT2D eigenvalue weighted by atomic mass is 10.1. The molecule has 2 N–H and O–H groups in total. The van der Waals surface area contributed by atoms with Crippen LogP contribution in [0.3, 0.4) is 0 Å². The van der Waals surface area contributed by atoms with Crippen LogP contribution in [0.4, 0.5) is 0 Å². The first kappa shape index (κ1) is 27.6. The van der Waals surface area contributed by atoms with Crippen molar-refractivity contribution in [3.05, 3.63) is 59.5 Å². The molecule has 1 saturated heterocycles. The van der Waals surface area contributed by atoms with Gasteiger partial charge in [-0.05, 0) is 50.5 Å². The molecule has 2 heterocycles. The second-order valence-corrected chi connectivity index (χ2v) is 8.38. The van der Waals surface area contributed by atoms with Gasteiger partial charge in [-0.2, -0.15) is 0 Å². The van der Waals surface area contributed by atoms with Crippen LogP contribution in [0.1, 0.15) is 44.1 Å². The van der Waals surface area contributed by atoms with Gasteiger partial charge in [-0.25, -0.2) is 4.99 Å². The van der Waals surface area contributed by atoms with Gasteiger partial charge in [0.15, 0.2) is 5.96 Å². The van der Waals surface area contributed by atoms with Crippen LogP contribution in [-0.4, -0.2) is 55.9 Å². The van der Waals surface area contributed by atoms with Gasteiger partial charge >= 0.3 is 0 Å². The van der Waals surface area contributed by atoms with E-state index >= 15 is 0 Å². The van der Waals surface area contributed by atoms with Gasteiger partial charge in [0.05, 0.1) is 25.0 Å². The molecule has 0 saturated carbocycles. The third kappa shape index (κ3) is 10.5. The summed E-state index contributed by atoms with van der Waals surface area (Å²) in [5.74, 6) is 1.69. The average molecular weight is 571 g/mol. The Morgan fingerprint density at radius 2 is 1.82 bits per heavy atom. The molecular formula is C25H39IN4O3. The van der Waals surface area contributed by atoms with Crippen molar-refractivity contribution in [1.29, 1.82) is 0 Å². The Labute approximate surface area is 215 Å². The van der Waals surface area contributed by atoms with Crippen molar-refractivity contribution < 1.29 is 13.9 Å². The molecule has 2 atom stereocenters. The molecule has 2 aromatic rings. The number of hydrogen-bond acceptors (Lipinski definition) is 5. The summed E-state index contributed by atoms with van der Waals surface area (Å²) in [6.07, 6.45) is 3.16. The average Bonchev–Trinajstić information content (AvgIpc) is 3.28. The predicted octanol–water partition coefficient (Wildman–Crippen LogP) is 4.17. The summed E-state index contributed by atoms with van der Waals surface area (Å²) in [6, 6.07) is 12.6. The summed E-state index contributed by atoms with van der Waals surface area (Å²) in [7, 11) is 0. The summed E-state index contributed by atoms with van der Waals surface area (Å²) in [5.41, 5.74) is 2.54. The van der Waals surface area contributed by atoms with Gasteiger partial charge < -0.3 is 24.5 Å². The maximum atomic E-state index is 5.83. The fourth-order valence-electron chi connectivity index (χ4n) is 3.88. The number of hydrogen-bond donors (Lipinski definition) is 2. The first-order chi connectivity index (χ1) is 15.6. The van der Waals surface area contributed by atoms with Gasteiger partial charge in [-0.1, -0.05) is 24.3 Å². The lowest BCUT2D eigenvalue weighted by molar-refractivity contribution is -0.0704. The fourth-order valence-corrected chi connectivity index (χ4v) is 3.88. The van der Waals surface area contributed by atoms with Gasteiger partial charge in [-0.15, -0.1) is 24.0 Å². The summed E-state index contributed by atoms with van der Waals surface area (Å²) in [6.45, 7) is 12.8. The molecule has 0 radical (unpaired) electrons. The number of furan rings is 1. The van der Waals surface area contributed by atoms with Crippen LogP contribution in [0, 0.1) is 0 Å². The number of nitrogens with zero attached hydrogens (tertiary/aromatic N) is 2. The van der Waals surface area contributed by atoms with E-state index in [2.05, 4.69) is 60.6 Å². The Morgan fingerprint density at radius 3 is 2.48 bits per heavy atom. The number of rotatable bonds is 11. The Balaban J connectivity index is 0.00000385. The van der Waals surface area contributed by atoms with E-state index in [-0.39, 0.29) is 24.0 Å². The van der Waals surface area contributed by atoms with Crippen molar-refractivity contribution in [3.8, 4) is 0 Å². The molecule has 1 aliphatic rings. The van der Waals surface area contributed by atoms with Crippen molar-refractivity contribution >= 4 is 29.9 Å². The van der Waals surface area contributed by atoms with Crippen LogP contribution in [0.15, 0.2) is 52.1 Å². The van der Waals surface area contributed by atoms with Gasteiger partial charge in [0.2, 0.25) is 0 Å². The molecule has 2 unspecified atom stereocenters. The molecule has 0 spiro atoms. The number of benzene rings is 1. The third-order valence-corrected chi connectivity index (χ3v) is 5.27. The van der Waals surface area contributed by atoms with E-state index in [9.17, 15) is 0 Å². The molecule has 1 aromatic carbocycles. The van der Waals surface area contributed by atoms with Crippen LogP contribution in [0.5, 0.6) is 0 Å². The summed E-state index contributed by atoms with van der Waals surface area (Å²) in [5, 5.41) is 6.68. The van der Waals surface area contributed by atoms with Gasteiger partial charge in [0, 0.05) is 39.3 Å². The first-order valence-electron chi connectivity index (χ1n) is 11.7. The highest BCUT2D eigenvalue weighted by atomic mass is 127. The van der Waals surface area contributed by atoms with E-state index in [1.54, 1.807) is 6.26 Å². The van der Waals surface area contributed by atoms with Crippen molar-refractivity contribution in [2.45, 2.75) is 59.1 Å². The van der Waals surface area contributed by atoms with E-state index in [0.29, 0.717) is 32.0 Å². The Hall–Kier alpha value is -1.62. The molecule has 3 rings (SSSR count). The number of guanidine groups is 1. The smallest absolute Gasteiger partial charge is 0.191 e. The van der Waals surface area contributed by atoms with Crippen LogP contribution in [-0.2, 0) is 29.2 Å². The van der Waals surface area contributed by atoms with Crippen molar-refractivity contribution in [2.24, 2.45) is 4.99 Å². The molecule has 1 fully saturated rings. The molecule has 0 amide bonds. The second kappa shape index (κ2) is 15.3. The SMILES string of the molecule is CCNC(=NCc1ccc(CN2CC(C)OC(C)C2)cc1)NCCCOCc1ccco1.I. The lowest BCUT2D eigenvalue weighted by Gasteiger charge is -2.35. The quantitative estimate of drug-likeness (QED) is 0.183. The maximum absolute atomic E-state index is 5.83. The van der Waals surface area contributed by atoms with Crippen molar-refractivity contribution in [2.75, 3.05) is 32.8 Å². The van der Waals surface area contributed by atoms with Crippen LogP contribution in [0.2, 0.25) is 0 Å². The zero-order chi connectivity index (χ0) is 22.6. The molecule has 1 aliphatic heterocycles. The van der Waals surface area contributed by atoms with Crippen molar-refractivity contribution in [3.63, 3.8) is 0 Å². The fraction of sp³-hybridized carbons (Fsp3) is 0.560. The second-order valence-electron chi connectivity index (χ2n) is 8.38. The van der Waals surface area contributed by atoms with E-state index in [1.165, 1.54) is 11.1 Å². The summed E-state index contributed by atoms with van der Waals surface area (Å²) >= 11 is 0. The third-order valence-electron chi connectivity index (χ3n) is 5.27. The maximum Gasteiger partial charge on any atom is 0.191 e. The number of ether oxygens (including phenoxy) is 2. The van der Waals surface area contributed by atoms with Crippen LogP contribution in [0.25, 0.3) is 0 Å². The van der Waals surface area contributed by atoms with Gasteiger partial charge in [-0.3, -0.25) is 4.90 Å². The van der Waals surface area contributed by atoms with E-state index in [1.807, 2.05) is 12.1 Å². The normalized spacial score (nSPS) is 19.2. The molecule has 8 heteroatoms. The summed E-state index contributed by atoms with van der Waals surface area (Å²) in [4.78, 5) is 7.19. The molecule has 0 bridgehead atoms. The topological polar surface area (TPSA) is 71.3 Å². The Morgan fingerprint density at radius 1 is 1.09 bits per heavy atom. The number of aliphatic imine (C=N–C) groups is 1. The van der Waals surface area contributed by atoms with E-state index in [0.717, 1.165) is 50.9 Å². The molecule has 0 aliphatic carbocycles. The van der Waals surface area contributed by atoms with E-state index < -0.39 is 0 Å². The Kier molecular flexibility index (Phi) is 12.8. The predicted molar refractivity (Wildman–Crippen MR) is 143 cm³/mol. The Bertz CT molecular complexity index is 788. The van der Waals surface area contributed by atoms with Crippen molar-refractivity contribution in [1.82, 2.24) is 15.5 Å². The van der Waals surface area contributed by atoms with Gasteiger partial charge in [0.1, 0.15) is 12.4 Å². The van der Waals surface area contributed by atoms with E-state index in [4.69, 9.17) is 18.9 Å². The molecule has 7 nitrogen and oxygen atoms in total. The van der Waals surface area contributed by atoms with Crippen LogP contribution < -0.4 is 10.6 Å². The molecular weight excluding hydrogens is 531 g/mol. The largest absolute Gasteiger partial charge is 0.467 e. The first-order valence-corrected chi connectivity index (χ1v) is 11.7. The monoisotopic (exact) mass is 570 g/mol. The summed E-state index contributed by atoms with van der Waals surface area (Å²) < 4.78 is 16.7. The minimum atomic E-state index is 0. The van der Waals surface area contributed by atoms with Crippen LogP contribution >= 0.6 is 24.0 Å². The standard InChI is InChI=1S/C25H38N4O3.HI/c1-4-26-25(27-12-6-13-30-19-24-7-5-14-31-24)28-15-22-8-10-23(11-9-22)18-29-16-20(2)32-21(3)17-29;/h5,7-11,14,20-21H,4,6,12-13,15-19H2,1-3H3,(H2,26,27,28);1H. The lowest BCUT2D eigenvalue weighted by Crippen LogP contribution is -2.44. The number of halogens is 1. The molecule has 1 aromatic heterocycles. The van der Waals surface area contributed by atoms with Gasteiger partial charge in [0.25, 0.3) is 0 Å². The zero-order valence-corrected chi connectivity index (χ0v) is 22.4. The number of nitrogens with one attached hydrogen (secondary N) is 2. The highest BCUT2D eigenvalue weighted by Crippen LogP contribution is 2.15. The molecule has 33 heavy (non-hydrogen) atoms.